The summed E-state index contributed by atoms with van der Waals surface area (Å²) in [5.74, 6) is 0.0753. The van der Waals surface area contributed by atoms with E-state index in [9.17, 15) is 10.0 Å². The minimum absolute atomic E-state index is 0. The summed E-state index contributed by atoms with van der Waals surface area (Å²) in [5.41, 5.74) is -0.270. The molecule has 2 rings (SSSR count). The third kappa shape index (κ3) is 2.23. The molecule has 0 aliphatic heterocycles. The van der Waals surface area contributed by atoms with Crippen LogP contribution in [0.4, 0.5) is 0 Å². The molecule has 0 aromatic heterocycles. The number of hydrogen-bond donors (Lipinski definition) is 2. The van der Waals surface area contributed by atoms with Crippen molar-refractivity contribution in [1.82, 2.24) is 6.15 Å². The predicted molar refractivity (Wildman–Crippen MR) is 68.0 cm³/mol. The summed E-state index contributed by atoms with van der Waals surface area (Å²) in [5, 5.41) is 13.9. The maximum Gasteiger partial charge on any atom is 0.125 e. The van der Waals surface area contributed by atoms with Gasteiger partial charge in [-0.15, -0.1) is 0 Å². The quantitative estimate of drug-likeness (QED) is 0.774. The zero-order valence-corrected chi connectivity index (χ0v) is 10.2. The first-order valence-corrected chi connectivity index (χ1v) is 5.80. The number of rotatable bonds is 2. The van der Waals surface area contributed by atoms with Crippen LogP contribution in [-0.2, 0) is 5.60 Å². The lowest BCUT2D eigenvalue weighted by molar-refractivity contribution is -0.0632. The maximum absolute atomic E-state index is 10.9. The van der Waals surface area contributed by atoms with E-state index in [2.05, 4.69) is 5.18 Å². The Balaban J connectivity index is 0.00000144. The van der Waals surface area contributed by atoms with Crippen LogP contribution in [0, 0.1) is 10.8 Å². The van der Waals surface area contributed by atoms with Gasteiger partial charge in [0.25, 0.3) is 0 Å². The van der Waals surface area contributed by atoms with Crippen LogP contribution in [0.2, 0.25) is 0 Å². The van der Waals surface area contributed by atoms with Gasteiger partial charge in [-0.3, -0.25) is 0 Å². The fourth-order valence-electron chi connectivity index (χ4n) is 2.70. The van der Waals surface area contributed by atoms with Gasteiger partial charge in [0, 0.05) is 0 Å². The molecule has 1 aliphatic carbocycles. The van der Waals surface area contributed by atoms with Gasteiger partial charge in [-0.25, -0.2) is 0 Å². The van der Waals surface area contributed by atoms with Crippen molar-refractivity contribution in [2.45, 2.75) is 37.8 Å². The molecule has 0 saturated heterocycles. The second kappa shape index (κ2) is 5.38. The number of benzene rings is 1. The molecule has 94 valence electrons. The van der Waals surface area contributed by atoms with Crippen molar-refractivity contribution < 1.29 is 5.11 Å². The van der Waals surface area contributed by atoms with Crippen LogP contribution < -0.4 is 6.15 Å². The minimum atomic E-state index is -1.08. The molecule has 1 aromatic carbocycles. The largest absolute Gasteiger partial charge is 0.382 e. The standard InChI is InChI=1S/C13H17NO2.H3N/c1-10-6-5-9-12(14-16)13(10,15)11-7-3-2-4-8-11;/h2-4,7-8,10,12,15H,5-6,9H2,1H3;1H3. The highest BCUT2D eigenvalue weighted by Gasteiger charge is 2.46. The molecule has 1 aliphatic rings. The van der Waals surface area contributed by atoms with Gasteiger partial charge < -0.3 is 11.3 Å². The van der Waals surface area contributed by atoms with Crippen LogP contribution in [0.1, 0.15) is 31.7 Å². The van der Waals surface area contributed by atoms with E-state index in [4.69, 9.17) is 0 Å². The second-order valence-electron chi connectivity index (χ2n) is 4.64. The molecule has 0 radical (unpaired) electrons. The first kappa shape index (κ1) is 13.8. The Hall–Kier alpha value is -1.26. The molecule has 1 aromatic rings. The van der Waals surface area contributed by atoms with Crippen molar-refractivity contribution in [2.24, 2.45) is 11.1 Å². The lowest BCUT2D eigenvalue weighted by Crippen LogP contribution is -2.46. The molecule has 0 spiro atoms. The molecule has 17 heavy (non-hydrogen) atoms. The Kier molecular flexibility index (Phi) is 4.37. The van der Waals surface area contributed by atoms with Gasteiger partial charge in [-0.2, -0.15) is 4.91 Å². The van der Waals surface area contributed by atoms with E-state index in [-0.39, 0.29) is 12.1 Å². The highest BCUT2D eigenvalue weighted by molar-refractivity contribution is 5.26. The average Bonchev–Trinajstić information content (AvgIpc) is 2.34. The summed E-state index contributed by atoms with van der Waals surface area (Å²) in [6.07, 6.45) is 2.59. The molecular formula is C13H20N2O2. The fourth-order valence-corrected chi connectivity index (χ4v) is 2.70. The molecule has 0 amide bonds. The van der Waals surface area contributed by atoms with E-state index < -0.39 is 11.6 Å². The van der Waals surface area contributed by atoms with E-state index in [1.807, 2.05) is 37.3 Å². The molecule has 1 fully saturated rings. The van der Waals surface area contributed by atoms with Crippen molar-refractivity contribution in [2.75, 3.05) is 0 Å². The summed E-state index contributed by atoms with van der Waals surface area (Å²) in [4.78, 5) is 10.9. The molecule has 4 nitrogen and oxygen atoms in total. The highest BCUT2D eigenvalue weighted by atomic mass is 16.3. The monoisotopic (exact) mass is 236 g/mol. The van der Waals surface area contributed by atoms with Gasteiger partial charge in [0.05, 0.1) is 0 Å². The summed E-state index contributed by atoms with van der Waals surface area (Å²) in [6.45, 7) is 1.99. The van der Waals surface area contributed by atoms with E-state index in [1.165, 1.54) is 0 Å². The first-order chi connectivity index (χ1) is 7.69. The van der Waals surface area contributed by atoms with E-state index in [1.54, 1.807) is 0 Å². The van der Waals surface area contributed by atoms with E-state index in [0.29, 0.717) is 6.42 Å². The fraction of sp³-hybridized carbons (Fsp3) is 0.538. The normalized spacial score (nSPS) is 32.6. The average molecular weight is 236 g/mol. The zero-order chi connectivity index (χ0) is 11.6. The molecule has 0 bridgehead atoms. The van der Waals surface area contributed by atoms with Crippen LogP contribution in [-0.4, -0.2) is 11.1 Å². The maximum atomic E-state index is 10.9. The minimum Gasteiger partial charge on any atom is -0.382 e. The van der Waals surface area contributed by atoms with E-state index in [0.717, 1.165) is 18.4 Å². The summed E-state index contributed by atoms with van der Waals surface area (Å²) in [7, 11) is 0. The molecule has 4 N–H and O–H groups in total. The number of aliphatic hydroxyl groups is 1. The lowest BCUT2D eigenvalue weighted by Gasteiger charge is -2.41. The summed E-state index contributed by atoms with van der Waals surface area (Å²) >= 11 is 0. The third-order valence-electron chi connectivity index (χ3n) is 3.74. The van der Waals surface area contributed by atoms with Crippen molar-refractivity contribution in [3.05, 3.63) is 40.8 Å². The Labute approximate surface area is 102 Å². The molecule has 3 atom stereocenters. The van der Waals surface area contributed by atoms with E-state index >= 15 is 0 Å². The van der Waals surface area contributed by atoms with Gasteiger partial charge in [-0.05, 0) is 24.3 Å². The van der Waals surface area contributed by atoms with Crippen LogP contribution in [0.5, 0.6) is 0 Å². The predicted octanol–water partition coefficient (Wildman–Crippen LogP) is 2.99. The summed E-state index contributed by atoms with van der Waals surface area (Å²) in [6, 6.07) is 8.91. The topological polar surface area (TPSA) is 84.7 Å². The second-order valence-corrected chi connectivity index (χ2v) is 4.64. The Morgan fingerprint density at radius 2 is 1.94 bits per heavy atom. The number of nitrogens with zero attached hydrogens (tertiary/aromatic N) is 1. The Morgan fingerprint density at radius 1 is 1.29 bits per heavy atom. The van der Waals surface area contributed by atoms with Crippen LogP contribution >= 0.6 is 0 Å². The van der Waals surface area contributed by atoms with Gasteiger partial charge in [0.15, 0.2) is 0 Å². The summed E-state index contributed by atoms with van der Waals surface area (Å²) < 4.78 is 0. The van der Waals surface area contributed by atoms with Gasteiger partial charge >= 0.3 is 0 Å². The lowest BCUT2D eigenvalue weighted by atomic mass is 9.69. The van der Waals surface area contributed by atoms with Crippen LogP contribution in [0.15, 0.2) is 35.5 Å². The van der Waals surface area contributed by atoms with Gasteiger partial charge in [0.1, 0.15) is 11.6 Å². The van der Waals surface area contributed by atoms with Crippen molar-refractivity contribution in [3.8, 4) is 0 Å². The third-order valence-corrected chi connectivity index (χ3v) is 3.74. The Bertz CT molecular complexity index is 369. The van der Waals surface area contributed by atoms with Gasteiger partial charge in [0.2, 0.25) is 0 Å². The number of nitroso groups, excluding NO2 is 1. The van der Waals surface area contributed by atoms with Crippen molar-refractivity contribution >= 4 is 0 Å². The molecule has 1 saturated carbocycles. The molecular weight excluding hydrogens is 216 g/mol. The Morgan fingerprint density at radius 3 is 2.53 bits per heavy atom. The molecule has 0 heterocycles. The molecule has 3 unspecified atom stereocenters. The highest BCUT2D eigenvalue weighted by Crippen LogP contribution is 2.42. The van der Waals surface area contributed by atoms with Gasteiger partial charge in [-0.1, -0.05) is 48.9 Å². The van der Waals surface area contributed by atoms with Crippen molar-refractivity contribution in [1.29, 1.82) is 0 Å². The SMILES string of the molecule is CC1CCCC(N=O)C1(O)c1ccccc1.N. The van der Waals surface area contributed by atoms with Crippen LogP contribution in [0.3, 0.4) is 0 Å². The zero-order valence-electron chi connectivity index (χ0n) is 10.2. The first-order valence-electron chi connectivity index (χ1n) is 5.80. The number of hydrogen-bond acceptors (Lipinski definition) is 4. The van der Waals surface area contributed by atoms with Crippen LogP contribution in [0.25, 0.3) is 0 Å². The molecule has 4 heteroatoms. The van der Waals surface area contributed by atoms with Crippen molar-refractivity contribution in [3.63, 3.8) is 0 Å². The smallest absolute Gasteiger partial charge is 0.125 e.